The minimum Gasteiger partial charge on any atom is -0.475 e. The van der Waals surface area contributed by atoms with Crippen molar-refractivity contribution in [2.45, 2.75) is 64.5 Å². The monoisotopic (exact) mass is 489 g/mol. The van der Waals surface area contributed by atoms with Crippen molar-refractivity contribution >= 4 is 23.8 Å². The molecule has 2 amide bonds. The summed E-state index contributed by atoms with van der Waals surface area (Å²) in [5.74, 6) is -3.94. The number of aliphatic carboxylic acids is 1. The van der Waals surface area contributed by atoms with Gasteiger partial charge in [0.25, 0.3) is 0 Å². The van der Waals surface area contributed by atoms with Gasteiger partial charge in [-0.2, -0.15) is 13.2 Å². The quantitative estimate of drug-likeness (QED) is 0.497. The SMILES string of the molecule is CC(C)[C@H](NC(=O)[C@H](C)N)C(=O)N1CCC[C@H]1C(=O)OCc1ccccc1.O=C(O)C(F)(F)F. The number of amides is 2. The van der Waals surface area contributed by atoms with Gasteiger partial charge in [-0.1, -0.05) is 44.2 Å². The molecule has 3 atom stereocenters. The third-order valence-corrected chi connectivity index (χ3v) is 4.92. The summed E-state index contributed by atoms with van der Waals surface area (Å²) in [7, 11) is 0. The van der Waals surface area contributed by atoms with E-state index >= 15 is 0 Å². The molecule has 1 aliphatic rings. The maximum atomic E-state index is 13.0. The van der Waals surface area contributed by atoms with Gasteiger partial charge in [0, 0.05) is 6.54 Å². The number of likely N-dealkylation sites (tertiary alicyclic amines) is 1. The number of carboxylic acids is 1. The fourth-order valence-electron chi connectivity index (χ4n) is 3.08. The minimum absolute atomic E-state index is 0.123. The highest BCUT2D eigenvalue weighted by molar-refractivity contribution is 5.92. The third-order valence-electron chi connectivity index (χ3n) is 4.92. The number of hydrogen-bond donors (Lipinski definition) is 3. The molecule has 0 aliphatic carbocycles. The van der Waals surface area contributed by atoms with Gasteiger partial charge < -0.3 is 25.8 Å². The first kappa shape index (κ1) is 28.9. The largest absolute Gasteiger partial charge is 0.490 e. The molecule has 1 aliphatic heterocycles. The van der Waals surface area contributed by atoms with Crippen LogP contribution < -0.4 is 11.1 Å². The normalized spacial score (nSPS) is 17.3. The summed E-state index contributed by atoms with van der Waals surface area (Å²) in [4.78, 5) is 47.9. The number of hydrogen-bond acceptors (Lipinski definition) is 6. The Morgan fingerprint density at radius 3 is 2.21 bits per heavy atom. The van der Waals surface area contributed by atoms with Crippen molar-refractivity contribution in [3.05, 3.63) is 35.9 Å². The first-order valence-corrected chi connectivity index (χ1v) is 10.6. The highest BCUT2D eigenvalue weighted by atomic mass is 19.4. The Hall–Kier alpha value is -3.15. The molecular formula is C22H30F3N3O6. The number of nitrogens with two attached hydrogens (primary N) is 1. The lowest BCUT2D eigenvalue weighted by molar-refractivity contribution is -0.192. The van der Waals surface area contributed by atoms with Crippen LogP contribution >= 0.6 is 0 Å². The Morgan fingerprint density at radius 1 is 1.18 bits per heavy atom. The zero-order valence-corrected chi connectivity index (χ0v) is 19.2. The lowest BCUT2D eigenvalue weighted by Gasteiger charge is -2.30. The van der Waals surface area contributed by atoms with Crippen LogP contribution in [0.15, 0.2) is 30.3 Å². The number of nitrogens with zero attached hydrogens (tertiary/aromatic N) is 1. The molecule has 1 saturated heterocycles. The summed E-state index contributed by atoms with van der Waals surface area (Å²) < 4.78 is 37.1. The molecule has 0 bridgehead atoms. The van der Waals surface area contributed by atoms with E-state index in [9.17, 15) is 27.6 Å². The number of ether oxygens (including phenoxy) is 1. The van der Waals surface area contributed by atoms with E-state index in [1.165, 1.54) is 4.90 Å². The van der Waals surface area contributed by atoms with Crippen molar-refractivity contribution in [2.75, 3.05) is 6.54 Å². The molecule has 34 heavy (non-hydrogen) atoms. The number of carbonyl (C=O) groups is 4. The first-order valence-electron chi connectivity index (χ1n) is 10.6. The smallest absolute Gasteiger partial charge is 0.475 e. The van der Waals surface area contributed by atoms with Crippen molar-refractivity contribution in [3.8, 4) is 0 Å². The van der Waals surface area contributed by atoms with Gasteiger partial charge in [-0.05, 0) is 31.2 Å². The molecule has 1 heterocycles. The van der Waals surface area contributed by atoms with Crippen LogP contribution in [-0.4, -0.2) is 64.6 Å². The molecule has 0 unspecified atom stereocenters. The number of alkyl halides is 3. The first-order chi connectivity index (χ1) is 15.8. The fourth-order valence-corrected chi connectivity index (χ4v) is 3.08. The topological polar surface area (TPSA) is 139 Å². The number of esters is 1. The lowest BCUT2D eigenvalue weighted by Crippen LogP contribution is -2.56. The fraction of sp³-hybridized carbons (Fsp3) is 0.545. The molecule has 0 spiro atoms. The molecule has 190 valence electrons. The summed E-state index contributed by atoms with van der Waals surface area (Å²) in [5.41, 5.74) is 6.49. The van der Waals surface area contributed by atoms with Crippen LogP contribution in [0.25, 0.3) is 0 Å². The predicted molar refractivity (Wildman–Crippen MR) is 115 cm³/mol. The van der Waals surface area contributed by atoms with Crippen LogP contribution in [0.1, 0.15) is 39.2 Å². The van der Waals surface area contributed by atoms with Gasteiger partial charge in [-0.25, -0.2) is 9.59 Å². The Morgan fingerprint density at radius 2 is 1.74 bits per heavy atom. The standard InChI is InChI=1S/C20H29N3O4.C2HF3O2/c1-13(2)17(22-18(24)14(3)21)19(25)23-11-7-10-16(23)20(26)27-12-15-8-5-4-6-9-15;3-2(4,5)1(6)7/h4-6,8-9,13-14,16-17H,7,10-12,21H2,1-3H3,(H,22,24);(H,6,7)/t14-,16-,17-;/m0./s1. The Kier molecular flexibility index (Phi) is 11.0. The van der Waals surface area contributed by atoms with Gasteiger partial charge in [-0.3, -0.25) is 9.59 Å². The summed E-state index contributed by atoms with van der Waals surface area (Å²) >= 11 is 0. The van der Waals surface area contributed by atoms with Crippen molar-refractivity contribution in [2.24, 2.45) is 11.7 Å². The average molecular weight is 489 g/mol. The number of carbonyl (C=O) groups excluding carboxylic acids is 3. The molecule has 1 aromatic carbocycles. The maximum absolute atomic E-state index is 13.0. The van der Waals surface area contributed by atoms with E-state index in [1.54, 1.807) is 6.92 Å². The molecule has 12 heteroatoms. The third kappa shape index (κ3) is 9.00. The van der Waals surface area contributed by atoms with Crippen LogP contribution in [0.2, 0.25) is 0 Å². The van der Waals surface area contributed by atoms with Crippen molar-refractivity contribution < 1.29 is 42.2 Å². The second-order valence-electron chi connectivity index (χ2n) is 8.10. The molecule has 0 aromatic heterocycles. The van der Waals surface area contributed by atoms with Gasteiger partial charge in [0.1, 0.15) is 18.7 Å². The highest BCUT2D eigenvalue weighted by Gasteiger charge is 2.40. The lowest BCUT2D eigenvalue weighted by atomic mass is 10.0. The van der Waals surface area contributed by atoms with E-state index in [4.69, 9.17) is 20.4 Å². The van der Waals surface area contributed by atoms with E-state index in [1.807, 2.05) is 44.2 Å². The van der Waals surface area contributed by atoms with Gasteiger partial charge in [0.15, 0.2) is 0 Å². The van der Waals surface area contributed by atoms with Gasteiger partial charge in [-0.15, -0.1) is 0 Å². The van der Waals surface area contributed by atoms with Crippen LogP contribution in [0.4, 0.5) is 13.2 Å². The maximum Gasteiger partial charge on any atom is 0.490 e. The van der Waals surface area contributed by atoms with Crippen LogP contribution in [0.5, 0.6) is 0 Å². The average Bonchev–Trinajstić information content (AvgIpc) is 3.25. The van der Waals surface area contributed by atoms with E-state index in [0.717, 1.165) is 12.0 Å². The van der Waals surface area contributed by atoms with Crippen molar-refractivity contribution in [1.29, 1.82) is 0 Å². The van der Waals surface area contributed by atoms with Crippen LogP contribution in [0, 0.1) is 5.92 Å². The van der Waals surface area contributed by atoms with Crippen LogP contribution in [-0.2, 0) is 30.5 Å². The van der Waals surface area contributed by atoms with E-state index in [-0.39, 0.29) is 24.3 Å². The molecular weight excluding hydrogens is 459 g/mol. The summed E-state index contributed by atoms with van der Waals surface area (Å²) in [6.07, 6.45) is -3.80. The Balaban J connectivity index is 0.000000718. The molecule has 9 nitrogen and oxygen atoms in total. The van der Waals surface area contributed by atoms with Crippen molar-refractivity contribution in [3.63, 3.8) is 0 Å². The van der Waals surface area contributed by atoms with E-state index in [2.05, 4.69) is 5.32 Å². The predicted octanol–water partition coefficient (Wildman–Crippen LogP) is 1.84. The molecule has 4 N–H and O–H groups in total. The molecule has 1 aromatic rings. The molecule has 0 saturated carbocycles. The van der Waals surface area contributed by atoms with E-state index < -0.39 is 36.2 Å². The summed E-state index contributed by atoms with van der Waals surface area (Å²) in [5, 5.41) is 9.83. The molecule has 1 fully saturated rings. The number of carboxylic acid groups (broad SMARTS) is 1. The second kappa shape index (κ2) is 12.9. The second-order valence-corrected chi connectivity index (χ2v) is 8.10. The number of benzene rings is 1. The van der Waals surface area contributed by atoms with Gasteiger partial charge in [0.2, 0.25) is 11.8 Å². The number of nitrogens with one attached hydrogen (secondary N) is 1. The summed E-state index contributed by atoms with van der Waals surface area (Å²) in [6, 6.07) is 7.37. The number of rotatable bonds is 7. The number of halogens is 3. The Bertz CT molecular complexity index is 846. The van der Waals surface area contributed by atoms with Crippen molar-refractivity contribution in [1.82, 2.24) is 10.2 Å². The van der Waals surface area contributed by atoms with Crippen LogP contribution in [0.3, 0.4) is 0 Å². The molecule has 0 radical (unpaired) electrons. The summed E-state index contributed by atoms with van der Waals surface area (Å²) in [6.45, 7) is 5.91. The molecule has 2 rings (SSSR count). The highest BCUT2D eigenvalue weighted by Crippen LogP contribution is 2.22. The zero-order valence-electron chi connectivity index (χ0n) is 19.2. The zero-order chi connectivity index (χ0) is 26.1. The minimum atomic E-state index is -5.08. The van der Waals surface area contributed by atoms with Gasteiger partial charge in [0.05, 0.1) is 6.04 Å². The van der Waals surface area contributed by atoms with E-state index in [0.29, 0.717) is 13.0 Å². The van der Waals surface area contributed by atoms with Gasteiger partial charge >= 0.3 is 18.1 Å². The Labute approximate surface area is 195 Å².